The van der Waals surface area contributed by atoms with Gasteiger partial charge in [0.25, 0.3) is 0 Å². The van der Waals surface area contributed by atoms with Crippen molar-refractivity contribution in [2.75, 3.05) is 30.4 Å². The van der Waals surface area contributed by atoms with Gasteiger partial charge in [0.1, 0.15) is 0 Å². The Kier molecular flexibility index (Phi) is 4.77. The number of nitrogens with zero attached hydrogens (tertiary/aromatic N) is 2. The lowest BCUT2D eigenvalue weighted by Gasteiger charge is -2.21. The minimum Gasteiger partial charge on any atom is -0.465 e. The van der Waals surface area contributed by atoms with Crippen molar-refractivity contribution in [3.8, 4) is 0 Å². The summed E-state index contributed by atoms with van der Waals surface area (Å²) in [5.41, 5.74) is 2.85. The first-order valence-electron chi connectivity index (χ1n) is 5.87. The molecular formula is C14H20N2O2. The Labute approximate surface area is 108 Å². The molecule has 4 nitrogen and oxygen atoms in total. The molecule has 0 atom stereocenters. The smallest absolute Gasteiger partial charge is 0.412 e. The Balaban J connectivity index is 3.07. The highest BCUT2D eigenvalue weighted by atomic mass is 16.4. The van der Waals surface area contributed by atoms with Crippen LogP contribution in [0.5, 0.6) is 0 Å². The van der Waals surface area contributed by atoms with Crippen molar-refractivity contribution >= 4 is 17.5 Å². The van der Waals surface area contributed by atoms with Crippen LogP contribution in [0.15, 0.2) is 30.4 Å². The van der Waals surface area contributed by atoms with Gasteiger partial charge in [0.15, 0.2) is 0 Å². The standard InChI is InChI=1S/C14H20N2O2/c1-5-6-9-16(14(17)18)12-7-8-13(15(3)4)11(2)10-12/h5-8,10H,9H2,1-4H3,(H,17,18). The zero-order chi connectivity index (χ0) is 13.7. The molecule has 4 heteroatoms. The number of carboxylic acid groups (broad SMARTS) is 1. The lowest BCUT2D eigenvalue weighted by Crippen LogP contribution is -2.29. The second-order valence-corrected chi connectivity index (χ2v) is 4.33. The van der Waals surface area contributed by atoms with Crippen molar-refractivity contribution in [2.24, 2.45) is 0 Å². The van der Waals surface area contributed by atoms with Crippen molar-refractivity contribution in [1.29, 1.82) is 0 Å². The van der Waals surface area contributed by atoms with Crippen LogP contribution < -0.4 is 9.80 Å². The van der Waals surface area contributed by atoms with Gasteiger partial charge < -0.3 is 10.0 Å². The molecule has 0 bridgehead atoms. The molecule has 0 heterocycles. The molecule has 1 N–H and O–H groups in total. The van der Waals surface area contributed by atoms with Gasteiger partial charge in [0.2, 0.25) is 0 Å². The van der Waals surface area contributed by atoms with Gasteiger partial charge >= 0.3 is 6.09 Å². The quantitative estimate of drug-likeness (QED) is 0.832. The summed E-state index contributed by atoms with van der Waals surface area (Å²) >= 11 is 0. The molecule has 0 aliphatic rings. The van der Waals surface area contributed by atoms with Crippen molar-refractivity contribution in [2.45, 2.75) is 13.8 Å². The topological polar surface area (TPSA) is 43.8 Å². The molecule has 1 aromatic carbocycles. The molecule has 1 rings (SSSR count). The first-order chi connectivity index (χ1) is 8.47. The molecule has 0 spiro atoms. The van der Waals surface area contributed by atoms with Gasteiger partial charge in [0, 0.05) is 32.0 Å². The van der Waals surface area contributed by atoms with E-state index < -0.39 is 6.09 Å². The third-order valence-corrected chi connectivity index (χ3v) is 2.73. The number of anilines is 2. The lowest BCUT2D eigenvalue weighted by atomic mass is 10.1. The lowest BCUT2D eigenvalue weighted by molar-refractivity contribution is 0.202. The highest BCUT2D eigenvalue weighted by Crippen LogP contribution is 2.24. The van der Waals surface area contributed by atoms with E-state index in [4.69, 9.17) is 0 Å². The molecular weight excluding hydrogens is 228 g/mol. The van der Waals surface area contributed by atoms with Crippen LogP contribution in [0.25, 0.3) is 0 Å². The van der Waals surface area contributed by atoms with Crippen LogP contribution in [-0.4, -0.2) is 31.8 Å². The minimum atomic E-state index is -0.940. The van der Waals surface area contributed by atoms with Gasteiger partial charge in [-0.1, -0.05) is 12.2 Å². The second kappa shape index (κ2) is 6.10. The van der Waals surface area contributed by atoms with E-state index in [1.807, 2.05) is 63.2 Å². The molecule has 0 radical (unpaired) electrons. The summed E-state index contributed by atoms with van der Waals surface area (Å²) in [5.74, 6) is 0. The number of carbonyl (C=O) groups is 1. The third kappa shape index (κ3) is 3.26. The molecule has 0 aromatic heterocycles. The Morgan fingerprint density at radius 2 is 2.06 bits per heavy atom. The van der Waals surface area contributed by atoms with Crippen LogP contribution in [0.2, 0.25) is 0 Å². The molecule has 0 unspecified atom stereocenters. The number of allylic oxidation sites excluding steroid dienone is 1. The fourth-order valence-electron chi connectivity index (χ4n) is 1.81. The summed E-state index contributed by atoms with van der Waals surface area (Å²) in [6.07, 6.45) is 2.73. The summed E-state index contributed by atoms with van der Waals surface area (Å²) in [6.45, 7) is 4.22. The maximum absolute atomic E-state index is 11.2. The van der Waals surface area contributed by atoms with E-state index in [1.54, 1.807) is 0 Å². The van der Waals surface area contributed by atoms with Crippen LogP contribution in [-0.2, 0) is 0 Å². The summed E-state index contributed by atoms with van der Waals surface area (Å²) < 4.78 is 0. The average Bonchev–Trinajstić information content (AvgIpc) is 2.28. The van der Waals surface area contributed by atoms with Gasteiger partial charge in [-0.3, -0.25) is 4.90 Å². The van der Waals surface area contributed by atoms with E-state index >= 15 is 0 Å². The summed E-state index contributed by atoms with van der Waals surface area (Å²) in [7, 11) is 3.94. The third-order valence-electron chi connectivity index (χ3n) is 2.73. The number of hydrogen-bond acceptors (Lipinski definition) is 2. The highest BCUT2D eigenvalue weighted by molar-refractivity contribution is 5.87. The predicted octanol–water partition coefficient (Wildman–Crippen LogP) is 3.12. The number of aryl methyl sites for hydroxylation is 1. The molecule has 0 saturated carbocycles. The Morgan fingerprint density at radius 1 is 1.39 bits per heavy atom. The van der Waals surface area contributed by atoms with E-state index in [1.165, 1.54) is 4.90 Å². The van der Waals surface area contributed by atoms with Crippen LogP contribution in [0, 0.1) is 6.92 Å². The van der Waals surface area contributed by atoms with Crippen molar-refractivity contribution in [1.82, 2.24) is 0 Å². The Morgan fingerprint density at radius 3 is 2.50 bits per heavy atom. The van der Waals surface area contributed by atoms with Crippen LogP contribution in [0.4, 0.5) is 16.2 Å². The molecule has 0 aliphatic heterocycles. The van der Waals surface area contributed by atoms with E-state index in [0.717, 1.165) is 11.3 Å². The van der Waals surface area contributed by atoms with Gasteiger partial charge in [-0.05, 0) is 37.6 Å². The molecule has 0 aliphatic carbocycles. The zero-order valence-corrected chi connectivity index (χ0v) is 11.3. The fraction of sp³-hybridized carbons (Fsp3) is 0.357. The Bertz CT molecular complexity index is 453. The summed E-state index contributed by atoms with van der Waals surface area (Å²) in [6, 6.07) is 5.67. The summed E-state index contributed by atoms with van der Waals surface area (Å²) in [5, 5.41) is 9.20. The maximum Gasteiger partial charge on any atom is 0.412 e. The monoisotopic (exact) mass is 248 g/mol. The molecule has 98 valence electrons. The van der Waals surface area contributed by atoms with Gasteiger partial charge in [-0.25, -0.2) is 4.79 Å². The highest BCUT2D eigenvalue weighted by Gasteiger charge is 2.13. The minimum absolute atomic E-state index is 0.368. The van der Waals surface area contributed by atoms with Crippen LogP contribution >= 0.6 is 0 Å². The molecule has 0 saturated heterocycles. The number of benzene rings is 1. The van der Waals surface area contributed by atoms with Crippen LogP contribution in [0.3, 0.4) is 0 Å². The summed E-state index contributed by atoms with van der Waals surface area (Å²) in [4.78, 5) is 14.6. The number of hydrogen-bond donors (Lipinski definition) is 1. The van der Waals surface area contributed by atoms with E-state index in [9.17, 15) is 9.90 Å². The van der Waals surface area contributed by atoms with Gasteiger partial charge in [-0.2, -0.15) is 0 Å². The van der Waals surface area contributed by atoms with Crippen molar-refractivity contribution < 1.29 is 9.90 Å². The Hall–Kier alpha value is -1.97. The van der Waals surface area contributed by atoms with E-state index in [0.29, 0.717) is 12.2 Å². The van der Waals surface area contributed by atoms with Crippen molar-refractivity contribution in [3.05, 3.63) is 35.9 Å². The number of rotatable bonds is 4. The molecule has 0 fully saturated rings. The average molecular weight is 248 g/mol. The second-order valence-electron chi connectivity index (χ2n) is 4.33. The first kappa shape index (κ1) is 14.1. The first-order valence-corrected chi connectivity index (χ1v) is 5.87. The van der Waals surface area contributed by atoms with E-state index in [-0.39, 0.29) is 0 Å². The van der Waals surface area contributed by atoms with Gasteiger partial charge in [0.05, 0.1) is 0 Å². The largest absolute Gasteiger partial charge is 0.465 e. The number of amides is 1. The van der Waals surface area contributed by atoms with E-state index in [2.05, 4.69) is 0 Å². The SMILES string of the molecule is CC=CCN(C(=O)O)c1ccc(N(C)C)c(C)c1. The van der Waals surface area contributed by atoms with Crippen molar-refractivity contribution in [3.63, 3.8) is 0 Å². The predicted molar refractivity (Wildman–Crippen MR) is 75.7 cm³/mol. The maximum atomic E-state index is 11.2. The fourth-order valence-corrected chi connectivity index (χ4v) is 1.81. The molecule has 1 amide bonds. The molecule has 18 heavy (non-hydrogen) atoms. The van der Waals surface area contributed by atoms with Crippen LogP contribution in [0.1, 0.15) is 12.5 Å². The normalized spacial score (nSPS) is 10.7. The molecule has 1 aromatic rings. The van der Waals surface area contributed by atoms with Gasteiger partial charge in [-0.15, -0.1) is 0 Å². The zero-order valence-electron chi connectivity index (χ0n) is 11.3.